The highest BCUT2D eigenvalue weighted by Gasteiger charge is 2.23. The normalized spacial score (nSPS) is 12.8. The molecule has 0 saturated carbocycles. The number of aromatic nitrogens is 4. The summed E-state index contributed by atoms with van der Waals surface area (Å²) in [5.74, 6) is 0.498. The minimum Gasteiger partial charge on any atom is -0.496 e. The molecule has 0 saturated heterocycles. The molecule has 13 heteroatoms. The predicted octanol–water partition coefficient (Wildman–Crippen LogP) is 0.713. The number of fused-ring (bicyclic) bond motifs is 1. The van der Waals surface area contributed by atoms with Crippen molar-refractivity contribution in [3.05, 3.63) is 34.2 Å². The molecule has 1 atom stereocenters. The third-order valence-electron chi connectivity index (χ3n) is 5.63. The van der Waals surface area contributed by atoms with E-state index in [9.17, 15) is 18.3 Å². The van der Waals surface area contributed by atoms with Crippen LogP contribution in [-0.2, 0) is 28.2 Å². The number of sulfonamides is 1. The number of methoxy groups -OCH3 is 1. The number of aromatic amines is 1. The highest BCUT2D eigenvalue weighted by molar-refractivity contribution is 7.89. The lowest BCUT2D eigenvalue weighted by Crippen LogP contribution is -2.36. The predicted molar refractivity (Wildman–Crippen MR) is 133 cm³/mol. The van der Waals surface area contributed by atoms with Gasteiger partial charge in [-0.1, -0.05) is 13.3 Å². The van der Waals surface area contributed by atoms with Crippen molar-refractivity contribution in [2.75, 3.05) is 33.5 Å². The number of nitrogens with one attached hydrogen (secondary N) is 2. The van der Waals surface area contributed by atoms with Crippen molar-refractivity contribution in [2.45, 2.75) is 43.5 Å². The maximum absolute atomic E-state index is 13.2. The lowest BCUT2D eigenvalue weighted by Gasteiger charge is -2.18. The maximum Gasteiger partial charge on any atom is 0.277 e. The van der Waals surface area contributed by atoms with Gasteiger partial charge in [0, 0.05) is 26.3 Å². The van der Waals surface area contributed by atoms with E-state index >= 15 is 0 Å². The third kappa shape index (κ3) is 6.28. The average Bonchev–Trinajstić information content (AvgIpc) is 3.17. The van der Waals surface area contributed by atoms with Crippen molar-refractivity contribution in [1.82, 2.24) is 24.5 Å². The Labute approximate surface area is 209 Å². The number of aryl methyl sites for hydroxylation is 2. The van der Waals surface area contributed by atoms with Gasteiger partial charge < -0.3 is 24.7 Å². The summed E-state index contributed by atoms with van der Waals surface area (Å²) in [5, 5.41) is 22.6. The van der Waals surface area contributed by atoms with E-state index in [1.807, 2.05) is 6.92 Å². The van der Waals surface area contributed by atoms with Gasteiger partial charge in [-0.2, -0.15) is 5.10 Å². The maximum atomic E-state index is 13.2. The molecular weight excluding hydrogens is 490 g/mol. The fourth-order valence-corrected chi connectivity index (χ4v) is 5.25. The van der Waals surface area contributed by atoms with Gasteiger partial charge in [0.2, 0.25) is 10.0 Å². The smallest absolute Gasteiger partial charge is 0.277 e. The zero-order valence-corrected chi connectivity index (χ0v) is 21.5. The standard InChI is InChI=1S/C23H33N5O7S/c1-4-5-18-20-21(28(2)26-18)23(31)25-22(24-20)17-14-16(6-7-19(17)34-3)36(32,33)27-15(8-10-29)9-12-35-13-11-30/h6-7,14-15,27,29-30H,4-5,8-13H2,1-3H3,(H,24,25,31). The monoisotopic (exact) mass is 523 g/mol. The van der Waals surface area contributed by atoms with Gasteiger partial charge in [0.1, 0.15) is 17.1 Å². The van der Waals surface area contributed by atoms with Crippen LogP contribution in [0.4, 0.5) is 0 Å². The second-order valence-corrected chi connectivity index (χ2v) is 9.96. The molecule has 3 rings (SSSR count). The SMILES string of the molecule is CCCc1nn(C)c2c(=O)[nH]c(-c3cc(S(=O)(=O)NC(CCO)CCOCCO)ccc3OC)nc12. The van der Waals surface area contributed by atoms with Crippen molar-refractivity contribution < 1.29 is 28.1 Å². The van der Waals surface area contributed by atoms with Gasteiger partial charge in [-0.05, 0) is 37.5 Å². The van der Waals surface area contributed by atoms with Crippen molar-refractivity contribution in [1.29, 1.82) is 0 Å². The molecule has 36 heavy (non-hydrogen) atoms. The number of hydrogen-bond donors (Lipinski definition) is 4. The Balaban J connectivity index is 2.00. The second-order valence-electron chi connectivity index (χ2n) is 8.25. The topological polar surface area (TPSA) is 169 Å². The molecule has 1 unspecified atom stereocenters. The molecule has 4 N–H and O–H groups in total. The number of aliphatic hydroxyl groups excluding tert-OH is 2. The summed E-state index contributed by atoms with van der Waals surface area (Å²) in [6.07, 6.45) is 1.96. The van der Waals surface area contributed by atoms with Gasteiger partial charge >= 0.3 is 0 Å². The highest BCUT2D eigenvalue weighted by Crippen LogP contribution is 2.31. The quantitative estimate of drug-likeness (QED) is 0.222. The van der Waals surface area contributed by atoms with Crippen LogP contribution in [0, 0.1) is 0 Å². The fraction of sp³-hybridized carbons (Fsp3) is 0.522. The van der Waals surface area contributed by atoms with Crippen LogP contribution in [0.2, 0.25) is 0 Å². The van der Waals surface area contributed by atoms with Gasteiger partial charge in [-0.15, -0.1) is 0 Å². The van der Waals surface area contributed by atoms with Crippen LogP contribution < -0.4 is 15.0 Å². The molecule has 0 spiro atoms. The van der Waals surface area contributed by atoms with Gasteiger partial charge in [-0.3, -0.25) is 9.48 Å². The molecule has 12 nitrogen and oxygen atoms in total. The Morgan fingerprint density at radius 1 is 1.19 bits per heavy atom. The summed E-state index contributed by atoms with van der Waals surface area (Å²) in [6.45, 7) is 2.02. The Morgan fingerprint density at radius 3 is 2.64 bits per heavy atom. The Kier molecular flexibility index (Phi) is 9.56. The van der Waals surface area contributed by atoms with Gasteiger partial charge in [0.05, 0.1) is 36.5 Å². The van der Waals surface area contributed by atoms with Crippen LogP contribution in [0.1, 0.15) is 31.9 Å². The number of H-pyrrole nitrogens is 1. The van der Waals surface area contributed by atoms with Gasteiger partial charge in [0.25, 0.3) is 5.56 Å². The van der Waals surface area contributed by atoms with E-state index in [1.54, 1.807) is 7.05 Å². The molecule has 2 heterocycles. The van der Waals surface area contributed by atoms with E-state index < -0.39 is 21.6 Å². The number of nitrogens with zero attached hydrogens (tertiary/aromatic N) is 3. The van der Waals surface area contributed by atoms with E-state index in [0.29, 0.717) is 40.9 Å². The Bertz CT molecular complexity index is 1340. The molecule has 0 radical (unpaired) electrons. The fourth-order valence-electron chi connectivity index (χ4n) is 3.92. The molecule has 0 aliphatic heterocycles. The number of aliphatic hydroxyl groups is 2. The molecule has 0 fully saturated rings. The summed E-state index contributed by atoms with van der Waals surface area (Å²) >= 11 is 0. The van der Waals surface area contributed by atoms with E-state index in [1.165, 1.54) is 30.0 Å². The first-order valence-corrected chi connectivity index (χ1v) is 13.2. The number of rotatable bonds is 14. The largest absolute Gasteiger partial charge is 0.496 e. The number of ether oxygens (including phenoxy) is 2. The van der Waals surface area contributed by atoms with E-state index in [4.69, 9.17) is 14.6 Å². The summed E-state index contributed by atoms with van der Waals surface area (Å²) in [7, 11) is -0.885. The lowest BCUT2D eigenvalue weighted by molar-refractivity contribution is 0.0853. The molecule has 0 aliphatic rings. The van der Waals surface area contributed by atoms with Gasteiger partial charge in [-0.25, -0.2) is 18.1 Å². The molecule has 1 aromatic carbocycles. The zero-order valence-electron chi connectivity index (χ0n) is 20.7. The van der Waals surface area contributed by atoms with Crippen molar-refractivity contribution in [2.24, 2.45) is 7.05 Å². The molecule has 3 aromatic rings. The van der Waals surface area contributed by atoms with Gasteiger partial charge in [0.15, 0.2) is 5.52 Å². The van der Waals surface area contributed by atoms with Crippen molar-refractivity contribution in [3.8, 4) is 17.1 Å². The summed E-state index contributed by atoms with van der Waals surface area (Å²) < 4.78 is 41.1. The van der Waals surface area contributed by atoms with Crippen LogP contribution in [0.15, 0.2) is 27.9 Å². The first-order chi connectivity index (χ1) is 17.2. The summed E-state index contributed by atoms with van der Waals surface area (Å²) in [4.78, 5) is 20.2. The molecule has 198 valence electrons. The Morgan fingerprint density at radius 2 is 1.97 bits per heavy atom. The second kappa shape index (κ2) is 12.4. The summed E-state index contributed by atoms with van der Waals surface area (Å²) in [6, 6.07) is 3.70. The summed E-state index contributed by atoms with van der Waals surface area (Å²) in [5.41, 5.74) is 1.38. The van der Waals surface area contributed by atoms with Crippen LogP contribution in [0.25, 0.3) is 22.4 Å². The Hall–Kier alpha value is -2.84. The van der Waals surface area contributed by atoms with Crippen LogP contribution in [-0.4, -0.2) is 78.0 Å². The average molecular weight is 524 g/mol. The first kappa shape index (κ1) is 27.7. The zero-order chi connectivity index (χ0) is 26.3. The van der Waals surface area contributed by atoms with Crippen LogP contribution in [0.5, 0.6) is 5.75 Å². The molecule has 0 aliphatic carbocycles. The molecular formula is C23H33N5O7S. The van der Waals surface area contributed by atoms with E-state index in [2.05, 4.69) is 19.8 Å². The minimum atomic E-state index is -4.00. The van der Waals surface area contributed by atoms with Crippen LogP contribution in [0.3, 0.4) is 0 Å². The number of benzene rings is 1. The lowest BCUT2D eigenvalue weighted by atomic mass is 10.1. The van der Waals surface area contributed by atoms with Crippen molar-refractivity contribution >= 4 is 21.1 Å². The molecule has 2 aromatic heterocycles. The minimum absolute atomic E-state index is 0.0553. The third-order valence-corrected chi connectivity index (χ3v) is 7.15. The molecule has 0 amide bonds. The van der Waals surface area contributed by atoms with E-state index in [0.717, 1.165) is 6.42 Å². The van der Waals surface area contributed by atoms with Crippen molar-refractivity contribution in [3.63, 3.8) is 0 Å². The van der Waals surface area contributed by atoms with Crippen LogP contribution >= 0.6 is 0 Å². The first-order valence-electron chi connectivity index (χ1n) is 11.7. The highest BCUT2D eigenvalue weighted by atomic mass is 32.2. The number of hydrogen-bond acceptors (Lipinski definition) is 9. The molecule has 0 bridgehead atoms. The van der Waals surface area contributed by atoms with E-state index in [-0.39, 0.29) is 43.6 Å².